The molecule has 0 radical (unpaired) electrons. The largest absolute Gasteiger partial charge is 0.371 e. The fourth-order valence-corrected chi connectivity index (χ4v) is 1.78. The summed E-state index contributed by atoms with van der Waals surface area (Å²) < 4.78 is 1.69. The van der Waals surface area contributed by atoms with Gasteiger partial charge < -0.3 is 4.90 Å². The number of halogens is 1. The van der Waals surface area contributed by atoms with E-state index in [1.54, 1.807) is 4.52 Å². The quantitative estimate of drug-likeness (QED) is 0.714. The van der Waals surface area contributed by atoms with Gasteiger partial charge in [0.25, 0.3) is 0 Å². The Kier molecular flexibility index (Phi) is 1.64. The third-order valence-corrected chi connectivity index (χ3v) is 2.68. The van der Waals surface area contributed by atoms with Gasteiger partial charge in [-0.3, -0.25) is 0 Å². The SMILES string of the molecule is Clc1nc2cc(N3CCC3)ccn2n1. The van der Waals surface area contributed by atoms with Gasteiger partial charge in [-0.15, -0.1) is 5.10 Å². The van der Waals surface area contributed by atoms with E-state index < -0.39 is 0 Å². The first kappa shape index (κ1) is 8.05. The van der Waals surface area contributed by atoms with Gasteiger partial charge in [-0.2, -0.15) is 4.98 Å². The Labute approximate surface area is 86.1 Å². The molecule has 72 valence electrons. The molecule has 2 aromatic rings. The number of anilines is 1. The number of hydrogen-bond donors (Lipinski definition) is 0. The maximum atomic E-state index is 5.71. The second kappa shape index (κ2) is 2.85. The lowest BCUT2D eigenvalue weighted by Crippen LogP contribution is -2.36. The molecule has 1 aliphatic heterocycles. The van der Waals surface area contributed by atoms with Crippen LogP contribution in [0.1, 0.15) is 6.42 Å². The predicted octanol–water partition coefficient (Wildman–Crippen LogP) is 1.59. The minimum absolute atomic E-state index is 0.297. The van der Waals surface area contributed by atoms with Crippen molar-refractivity contribution in [2.75, 3.05) is 18.0 Å². The molecule has 0 saturated carbocycles. The Hall–Kier alpha value is -1.29. The Morgan fingerprint density at radius 2 is 2.21 bits per heavy atom. The van der Waals surface area contributed by atoms with E-state index in [9.17, 15) is 0 Å². The smallest absolute Gasteiger partial charge is 0.243 e. The number of pyridine rings is 1. The lowest BCUT2D eigenvalue weighted by molar-refractivity contribution is 0.617. The Balaban J connectivity index is 2.09. The van der Waals surface area contributed by atoms with Gasteiger partial charge >= 0.3 is 0 Å². The molecule has 0 amide bonds. The minimum Gasteiger partial charge on any atom is -0.371 e. The molecule has 2 aromatic heterocycles. The van der Waals surface area contributed by atoms with Crippen LogP contribution in [0.5, 0.6) is 0 Å². The highest BCUT2D eigenvalue weighted by Gasteiger charge is 2.15. The van der Waals surface area contributed by atoms with Gasteiger partial charge in [0, 0.05) is 31.0 Å². The zero-order valence-corrected chi connectivity index (χ0v) is 8.28. The zero-order chi connectivity index (χ0) is 9.54. The molecular formula is C9H9ClN4. The van der Waals surface area contributed by atoms with Gasteiger partial charge in [0.05, 0.1) is 0 Å². The topological polar surface area (TPSA) is 33.4 Å². The summed E-state index contributed by atoms with van der Waals surface area (Å²) >= 11 is 5.71. The molecule has 1 aliphatic rings. The van der Waals surface area contributed by atoms with Crippen LogP contribution in [0.4, 0.5) is 5.69 Å². The highest BCUT2D eigenvalue weighted by Crippen LogP contribution is 2.21. The molecule has 4 nitrogen and oxygen atoms in total. The van der Waals surface area contributed by atoms with Crippen LogP contribution in [-0.4, -0.2) is 27.7 Å². The van der Waals surface area contributed by atoms with E-state index in [1.807, 2.05) is 18.3 Å². The van der Waals surface area contributed by atoms with Crippen molar-refractivity contribution in [3.05, 3.63) is 23.6 Å². The van der Waals surface area contributed by atoms with Gasteiger partial charge in [-0.05, 0) is 24.1 Å². The van der Waals surface area contributed by atoms with Crippen LogP contribution in [0.25, 0.3) is 5.65 Å². The molecule has 0 bridgehead atoms. The van der Waals surface area contributed by atoms with Crippen molar-refractivity contribution in [1.29, 1.82) is 0 Å². The highest BCUT2D eigenvalue weighted by atomic mass is 35.5. The third-order valence-electron chi connectivity index (χ3n) is 2.52. The molecule has 0 aromatic carbocycles. The van der Waals surface area contributed by atoms with Crippen molar-refractivity contribution in [3.63, 3.8) is 0 Å². The molecule has 0 atom stereocenters. The Morgan fingerprint density at radius 1 is 1.36 bits per heavy atom. The van der Waals surface area contributed by atoms with Crippen LogP contribution >= 0.6 is 11.6 Å². The molecular weight excluding hydrogens is 200 g/mol. The molecule has 0 N–H and O–H groups in total. The van der Waals surface area contributed by atoms with Crippen molar-refractivity contribution >= 4 is 22.9 Å². The first-order valence-corrected chi connectivity index (χ1v) is 4.97. The van der Waals surface area contributed by atoms with Crippen LogP contribution < -0.4 is 4.90 Å². The lowest BCUT2D eigenvalue weighted by atomic mass is 10.2. The summed E-state index contributed by atoms with van der Waals surface area (Å²) in [5.74, 6) is 0. The third kappa shape index (κ3) is 1.14. The summed E-state index contributed by atoms with van der Waals surface area (Å²) in [6, 6.07) is 4.05. The summed E-state index contributed by atoms with van der Waals surface area (Å²) in [6.45, 7) is 2.27. The Morgan fingerprint density at radius 3 is 2.93 bits per heavy atom. The van der Waals surface area contributed by atoms with Gasteiger partial charge in [0.15, 0.2) is 5.65 Å². The summed E-state index contributed by atoms with van der Waals surface area (Å²) in [7, 11) is 0. The van der Waals surface area contributed by atoms with Gasteiger partial charge in [0.2, 0.25) is 5.28 Å². The molecule has 3 heterocycles. The van der Waals surface area contributed by atoms with Crippen LogP contribution in [0, 0.1) is 0 Å². The fraction of sp³-hybridized carbons (Fsp3) is 0.333. The van der Waals surface area contributed by atoms with Crippen LogP contribution in [0.15, 0.2) is 18.3 Å². The second-order valence-corrected chi connectivity index (χ2v) is 3.75. The molecule has 1 fully saturated rings. The van der Waals surface area contributed by atoms with Crippen molar-refractivity contribution in [3.8, 4) is 0 Å². The van der Waals surface area contributed by atoms with E-state index in [0.717, 1.165) is 18.7 Å². The number of nitrogens with zero attached hydrogens (tertiary/aromatic N) is 4. The molecule has 3 rings (SSSR count). The average molecular weight is 209 g/mol. The van der Waals surface area contributed by atoms with E-state index in [4.69, 9.17) is 11.6 Å². The van der Waals surface area contributed by atoms with E-state index in [1.165, 1.54) is 12.1 Å². The van der Waals surface area contributed by atoms with Crippen LogP contribution in [-0.2, 0) is 0 Å². The molecule has 1 saturated heterocycles. The molecule has 14 heavy (non-hydrogen) atoms. The van der Waals surface area contributed by atoms with E-state index >= 15 is 0 Å². The summed E-state index contributed by atoms with van der Waals surface area (Å²) in [5, 5.41) is 4.31. The second-order valence-electron chi connectivity index (χ2n) is 3.41. The standard InChI is InChI=1S/C9H9ClN4/c10-9-11-8-6-7(13-3-1-4-13)2-5-14(8)12-9/h2,5-6H,1,3-4H2. The number of hydrogen-bond acceptors (Lipinski definition) is 3. The van der Waals surface area contributed by atoms with E-state index in [0.29, 0.717) is 5.28 Å². The lowest BCUT2D eigenvalue weighted by Gasteiger charge is -2.32. The normalized spacial score (nSPS) is 15.9. The predicted molar refractivity (Wildman–Crippen MR) is 54.8 cm³/mol. The minimum atomic E-state index is 0.297. The van der Waals surface area contributed by atoms with Gasteiger partial charge in [0.1, 0.15) is 0 Å². The Bertz CT molecular complexity index is 475. The summed E-state index contributed by atoms with van der Waals surface area (Å²) in [4.78, 5) is 6.41. The van der Waals surface area contributed by atoms with Gasteiger partial charge in [-0.1, -0.05) is 0 Å². The van der Waals surface area contributed by atoms with Crippen LogP contribution in [0.3, 0.4) is 0 Å². The number of aromatic nitrogens is 3. The van der Waals surface area contributed by atoms with E-state index in [2.05, 4.69) is 15.0 Å². The molecule has 0 aliphatic carbocycles. The maximum absolute atomic E-state index is 5.71. The van der Waals surface area contributed by atoms with E-state index in [-0.39, 0.29) is 0 Å². The summed E-state index contributed by atoms with van der Waals surface area (Å²) in [5.41, 5.74) is 2.01. The molecule has 5 heteroatoms. The van der Waals surface area contributed by atoms with Crippen LogP contribution in [0.2, 0.25) is 5.28 Å². The molecule has 0 unspecified atom stereocenters. The van der Waals surface area contributed by atoms with Crippen molar-refractivity contribution in [1.82, 2.24) is 14.6 Å². The number of fused-ring (bicyclic) bond motifs is 1. The molecule has 0 spiro atoms. The van der Waals surface area contributed by atoms with Crippen molar-refractivity contribution in [2.24, 2.45) is 0 Å². The maximum Gasteiger partial charge on any atom is 0.243 e. The van der Waals surface area contributed by atoms with Crippen molar-refractivity contribution < 1.29 is 0 Å². The highest BCUT2D eigenvalue weighted by molar-refractivity contribution is 6.28. The first-order chi connectivity index (χ1) is 6.83. The number of rotatable bonds is 1. The fourth-order valence-electron chi connectivity index (χ4n) is 1.61. The average Bonchev–Trinajstić information content (AvgIpc) is 2.40. The first-order valence-electron chi connectivity index (χ1n) is 4.60. The summed E-state index contributed by atoms with van der Waals surface area (Å²) in [6.07, 6.45) is 3.17. The monoisotopic (exact) mass is 208 g/mol. The van der Waals surface area contributed by atoms with Gasteiger partial charge in [-0.25, -0.2) is 4.52 Å². The van der Waals surface area contributed by atoms with Crippen molar-refractivity contribution in [2.45, 2.75) is 6.42 Å². The zero-order valence-electron chi connectivity index (χ0n) is 7.52.